The zero-order chi connectivity index (χ0) is 12.7. The Morgan fingerprint density at radius 2 is 0.947 bits per heavy atom. The third kappa shape index (κ3) is 1.77. The normalized spacial score (nSPS) is 25.1. The molecule has 2 aliphatic heterocycles. The van der Waals surface area contributed by atoms with Gasteiger partial charge < -0.3 is 0 Å². The SMILES string of the molecule is c1ccc(N2CN3CN2CN3c2ccccc2)cc1. The summed E-state index contributed by atoms with van der Waals surface area (Å²) in [6, 6.07) is 21.1. The summed E-state index contributed by atoms with van der Waals surface area (Å²) in [4.78, 5) is 0. The van der Waals surface area contributed by atoms with E-state index in [0.717, 1.165) is 20.0 Å². The quantitative estimate of drug-likeness (QED) is 0.813. The van der Waals surface area contributed by atoms with E-state index in [0.29, 0.717) is 0 Å². The summed E-state index contributed by atoms with van der Waals surface area (Å²) in [7, 11) is 0. The Morgan fingerprint density at radius 3 is 1.32 bits per heavy atom. The van der Waals surface area contributed by atoms with Gasteiger partial charge in [0.25, 0.3) is 0 Å². The number of anilines is 2. The Hall–Kier alpha value is -2.04. The standard InChI is InChI=1S/C15H16N4/c1-3-7-14(8-4-1)18-12-17-11-16(18)13-19(17)15-9-5-2-6-10-15/h1-10H,11-13H2. The van der Waals surface area contributed by atoms with Crippen LogP contribution in [0.5, 0.6) is 0 Å². The van der Waals surface area contributed by atoms with Crippen LogP contribution in [0.2, 0.25) is 0 Å². The second-order valence-corrected chi connectivity index (χ2v) is 4.91. The number of benzene rings is 2. The molecule has 2 aliphatic rings. The molecule has 0 N–H and O–H groups in total. The molecule has 2 saturated heterocycles. The lowest BCUT2D eigenvalue weighted by Gasteiger charge is -2.37. The van der Waals surface area contributed by atoms with Gasteiger partial charge in [-0.1, -0.05) is 36.4 Å². The van der Waals surface area contributed by atoms with E-state index in [-0.39, 0.29) is 0 Å². The van der Waals surface area contributed by atoms with Gasteiger partial charge in [0, 0.05) is 0 Å². The molecule has 4 nitrogen and oxygen atoms in total. The number of nitrogens with zero attached hydrogens (tertiary/aromatic N) is 4. The molecule has 0 saturated carbocycles. The summed E-state index contributed by atoms with van der Waals surface area (Å²) in [5.41, 5.74) is 2.52. The topological polar surface area (TPSA) is 13.0 Å². The van der Waals surface area contributed by atoms with Gasteiger partial charge >= 0.3 is 0 Å². The first-order valence-electron chi connectivity index (χ1n) is 6.57. The van der Waals surface area contributed by atoms with Gasteiger partial charge in [-0.3, -0.25) is 10.0 Å². The second kappa shape index (κ2) is 4.26. The van der Waals surface area contributed by atoms with Gasteiger partial charge in [0.2, 0.25) is 0 Å². The molecular weight excluding hydrogens is 236 g/mol. The van der Waals surface area contributed by atoms with Crippen LogP contribution in [0, 0.1) is 0 Å². The number of para-hydroxylation sites is 2. The Bertz CT molecular complexity index is 505. The molecule has 2 heterocycles. The van der Waals surface area contributed by atoms with E-state index in [1.807, 2.05) is 0 Å². The van der Waals surface area contributed by atoms with Gasteiger partial charge in [-0.2, -0.15) is 10.0 Å². The van der Waals surface area contributed by atoms with Crippen molar-refractivity contribution in [3.63, 3.8) is 0 Å². The second-order valence-electron chi connectivity index (χ2n) is 4.91. The van der Waals surface area contributed by atoms with E-state index < -0.39 is 0 Å². The minimum absolute atomic E-state index is 0.916. The van der Waals surface area contributed by atoms with Crippen molar-refractivity contribution < 1.29 is 0 Å². The smallest absolute Gasteiger partial charge is 0.106 e. The van der Waals surface area contributed by atoms with E-state index in [1.165, 1.54) is 11.4 Å². The summed E-state index contributed by atoms with van der Waals surface area (Å²) in [6.07, 6.45) is 0. The fourth-order valence-electron chi connectivity index (χ4n) is 2.76. The minimum atomic E-state index is 0.916. The molecular formula is C15H16N4. The van der Waals surface area contributed by atoms with Crippen LogP contribution in [0.3, 0.4) is 0 Å². The minimum Gasteiger partial charge on any atom is -0.287 e. The zero-order valence-corrected chi connectivity index (χ0v) is 10.7. The fourth-order valence-corrected chi connectivity index (χ4v) is 2.76. The van der Waals surface area contributed by atoms with Crippen molar-refractivity contribution in [3.8, 4) is 0 Å². The Morgan fingerprint density at radius 1 is 0.526 bits per heavy atom. The van der Waals surface area contributed by atoms with Gasteiger partial charge in [0.1, 0.15) is 13.3 Å². The lowest BCUT2D eigenvalue weighted by molar-refractivity contribution is 0.317. The molecule has 0 aliphatic carbocycles. The van der Waals surface area contributed by atoms with Crippen LogP contribution in [0.1, 0.15) is 0 Å². The molecule has 2 aromatic rings. The molecule has 4 heteroatoms. The predicted octanol–water partition coefficient (Wildman–Crippen LogP) is 2.33. The lowest BCUT2D eigenvalue weighted by Crippen LogP contribution is -2.49. The Kier molecular flexibility index (Phi) is 2.43. The van der Waals surface area contributed by atoms with E-state index in [1.54, 1.807) is 0 Å². The lowest BCUT2D eigenvalue weighted by atomic mass is 10.3. The van der Waals surface area contributed by atoms with Gasteiger partial charge in [0.05, 0.1) is 18.0 Å². The van der Waals surface area contributed by atoms with Crippen molar-refractivity contribution in [2.45, 2.75) is 0 Å². The maximum Gasteiger partial charge on any atom is 0.106 e. The fraction of sp³-hybridized carbons (Fsp3) is 0.200. The van der Waals surface area contributed by atoms with E-state index in [4.69, 9.17) is 0 Å². The van der Waals surface area contributed by atoms with E-state index >= 15 is 0 Å². The first-order chi connectivity index (χ1) is 9.42. The van der Waals surface area contributed by atoms with Crippen LogP contribution in [0.4, 0.5) is 11.4 Å². The molecule has 2 unspecified atom stereocenters. The number of rotatable bonds is 2. The largest absolute Gasteiger partial charge is 0.287 e. The molecule has 0 spiro atoms. The van der Waals surface area contributed by atoms with Crippen molar-refractivity contribution in [2.75, 3.05) is 30.0 Å². The molecule has 0 aromatic heterocycles. The number of hydrazine groups is 2. The highest BCUT2D eigenvalue weighted by Gasteiger charge is 2.39. The summed E-state index contributed by atoms with van der Waals surface area (Å²) in [5, 5.41) is 9.39. The summed E-state index contributed by atoms with van der Waals surface area (Å²) in [5.74, 6) is 0. The summed E-state index contributed by atoms with van der Waals surface area (Å²) >= 11 is 0. The van der Waals surface area contributed by atoms with Crippen molar-refractivity contribution in [2.24, 2.45) is 0 Å². The maximum atomic E-state index is 2.36. The zero-order valence-electron chi connectivity index (χ0n) is 10.7. The molecule has 2 aromatic carbocycles. The molecule has 2 atom stereocenters. The third-order valence-corrected chi connectivity index (χ3v) is 3.71. The van der Waals surface area contributed by atoms with Gasteiger partial charge in [-0.15, -0.1) is 0 Å². The molecule has 2 fully saturated rings. The van der Waals surface area contributed by atoms with Gasteiger partial charge in [-0.05, 0) is 24.3 Å². The van der Waals surface area contributed by atoms with E-state index in [2.05, 4.69) is 80.7 Å². The Balaban J connectivity index is 1.55. The van der Waals surface area contributed by atoms with E-state index in [9.17, 15) is 0 Å². The van der Waals surface area contributed by atoms with Crippen LogP contribution in [0.25, 0.3) is 0 Å². The average molecular weight is 252 g/mol. The average Bonchev–Trinajstić information content (AvgIpc) is 3.09. The van der Waals surface area contributed by atoms with Crippen LogP contribution >= 0.6 is 0 Å². The summed E-state index contributed by atoms with van der Waals surface area (Å²) in [6.45, 7) is 2.79. The number of hydrogen-bond donors (Lipinski definition) is 0. The van der Waals surface area contributed by atoms with Crippen molar-refractivity contribution in [3.05, 3.63) is 60.7 Å². The molecule has 0 amide bonds. The highest BCUT2D eigenvalue weighted by molar-refractivity contribution is 5.50. The van der Waals surface area contributed by atoms with Gasteiger partial charge in [-0.25, -0.2) is 0 Å². The van der Waals surface area contributed by atoms with Crippen LogP contribution in [0.15, 0.2) is 60.7 Å². The van der Waals surface area contributed by atoms with Crippen LogP contribution in [-0.2, 0) is 0 Å². The first-order valence-corrected chi connectivity index (χ1v) is 6.57. The van der Waals surface area contributed by atoms with Crippen molar-refractivity contribution in [1.82, 2.24) is 10.0 Å². The summed E-state index contributed by atoms with van der Waals surface area (Å²) < 4.78 is 0. The first kappa shape index (κ1) is 10.8. The highest BCUT2D eigenvalue weighted by Crippen LogP contribution is 2.31. The molecule has 96 valence electrons. The van der Waals surface area contributed by atoms with Gasteiger partial charge in [0.15, 0.2) is 0 Å². The molecule has 0 radical (unpaired) electrons. The monoisotopic (exact) mass is 252 g/mol. The molecule has 19 heavy (non-hydrogen) atoms. The molecule has 2 bridgehead atoms. The van der Waals surface area contributed by atoms with Crippen LogP contribution in [-0.4, -0.2) is 30.0 Å². The maximum absolute atomic E-state index is 2.36. The highest BCUT2D eigenvalue weighted by atomic mass is 15.9. The van der Waals surface area contributed by atoms with Crippen LogP contribution < -0.4 is 10.0 Å². The molecule has 4 rings (SSSR count). The van der Waals surface area contributed by atoms with Crippen molar-refractivity contribution >= 4 is 11.4 Å². The number of fused-ring (bicyclic) bond motifs is 2. The predicted molar refractivity (Wildman–Crippen MR) is 76.1 cm³/mol. The Labute approximate surface area is 113 Å². The number of hydrogen-bond acceptors (Lipinski definition) is 4. The van der Waals surface area contributed by atoms with Crippen molar-refractivity contribution in [1.29, 1.82) is 0 Å². The third-order valence-electron chi connectivity index (χ3n) is 3.71.